The van der Waals surface area contributed by atoms with Crippen molar-refractivity contribution in [1.29, 1.82) is 0 Å². The van der Waals surface area contributed by atoms with Crippen LogP contribution in [0.4, 0.5) is 15.9 Å². The van der Waals surface area contributed by atoms with Crippen molar-refractivity contribution < 1.29 is 23.8 Å². The number of benzene rings is 2. The summed E-state index contributed by atoms with van der Waals surface area (Å²) in [6, 6.07) is 13.6. The first-order chi connectivity index (χ1) is 15.1. The van der Waals surface area contributed by atoms with Gasteiger partial charge in [-0.2, -0.15) is 4.98 Å². The molecule has 0 saturated carbocycles. The molecule has 3 heterocycles. The lowest BCUT2D eigenvalue weighted by Crippen LogP contribution is -2.32. The van der Waals surface area contributed by atoms with Crippen molar-refractivity contribution in [3.05, 3.63) is 65.4 Å². The first-order valence-corrected chi connectivity index (χ1v) is 10.3. The average Bonchev–Trinajstić information content (AvgIpc) is 3.38. The molecule has 1 aliphatic rings. The highest BCUT2D eigenvalue weighted by atomic mass is 32.1. The molecule has 0 saturated heterocycles. The maximum absolute atomic E-state index is 13.0. The topological polar surface area (TPSA) is 118 Å². The van der Waals surface area contributed by atoms with E-state index in [0.29, 0.717) is 30.2 Å². The third-order valence-electron chi connectivity index (χ3n) is 4.97. The number of para-hydroxylation sites is 1. The summed E-state index contributed by atoms with van der Waals surface area (Å²) in [5.74, 6) is -0.366. The van der Waals surface area contributed by atoms with Crippen molar-refractivity contribution in [1.82, 2.24) is 9.97 Å². The zero-order valence-electron chi connectivity index (χ0n) is 16.1. The Kier molecular flexibility index (Phi) is 4.75. The van der Waals surface area contributed by atoms with E-state index >= 15 is 0 Å². The molecule has 4 aromatic rings. The molecule has 156 valence electrons. The van der Waals surface area contributed by atoms with Gasteiger partial charge in [-0.25, -0.2) is 9.78 Å². The van der Waals surface area contributed by atoms with Crippen molar-refractivity contribution in [2.24, 2.45) is 0 Å². The van der Waals surface area contributed by atoms with Gasteiger partial charge in [0, 0.05) is 18.7 Å². The summed E-state index contributed by atoms with van der Waals surface area (Å²) in [6.07, 6.45) is 0.373. The summed E-state index contributed by atoms with van der Waals surface area (Å²) in [5, 5.41) is 12.2. The summed E-state index contributed by atoms with van der Waals surface area (Å²) >= 11 is 1.42. The highest BCUT2D eigenvalue weighted by Gasteiger charge is 2.25. The Labute approximate surface area is 179 Å². The van der Waals surface area contributed by atoms with Crippen LogP contribution in [-0.2, 0) is 13.0 Å². The predicted octanol–water partition coefficient (Wildman–Crippen LogP) is 4.16. The Morgan fingerprint density at radius 3 is 2.87 bits per heavy atom. The van der Waals surface area contributed by atoms with Crippen LogP contribution in [-0.4, -0.2) is 33.7 Å². The minimum absolute atomic E-state index is 0.129. The fourth-order valence-corrected chi connectivity index (χ4v) is 4.44. The maximum Gasteiger partial charge on any atom is 0.512 e. The van der Waals surface area contributed by atoms with Gasteiger partial charge < -0.3 is 19.2 Å². The summed E-state index contributed by atoms with van der Waals surface area (Å²) in [6.45, 7) is 1.01. The molecule has 0 aliphatic carbocycles. The Bertz CT molecular complexity index is 1260. The third-order valence-corrected chi connectivity index (χ3v) is 5.92. The van der Waals surface area contributed by atoms with E-state index in [4.69, 9.17) is 9.52 Å². The van der Waals surface area contributed by atoms with E-state index in [-0.39, 0.29) is 17.8 Å². The summed E-state index contributed by atoms with van der Waals surface area (Å²) in [7, 11) is 0. The van der Waals surface area contributed by atoms with Crippen molar-refractivity contribution in [3.63, 3.8) is 0 Å². The second-order valence-electron chi connectivity index (χ2n) is 6.89. The molecule has 0 radical (unpaired) electrons. The standard InChI is InChI=1S/C21H16N4O5S/c26-18(24-19-22-15-6-1-2-7-16(15)31-19)13-5-3-4-12-8-9-25(10-14(12)13)20-23-17(11-29-20)30-21(27)28/h1-7,11H,8-10H2,(H,27,28)(H,22,24,26). The van der Waals surface area contributed by atoms with Crippen molar-refractivity contribution in [3.8, 4) is 5.88 Å². The molecule has 2 N–H and O–H groups in total. The van der Waals surface area contributed by atoms with Gasteiger partial charge in [0.15, 0.2) is 11.4 Å². The second kappa shape index (κ2) is 7.73. The molecule has 9 nitrogen and oxygen atoms in total. The van der Waals surface area contributed by atoms with E-state index in [1.54, 1.807) is 6.07 Å². The van der Waals surface area contributed by atoms with Crippen molar-refractivity contribution in [2.75, 3.05) is 16.8 Å². The van der Waals surface area contributed by atoms with E-state index in [2.05, 4.69) is 20.0 Å². The van der Waals surface area contributed by atoms with E-state index in [0.717, 1.165) is 27.6 Å². The minimum atomic E-state index is -1.46. The number of hydrogen-bond acceptors (Lipinski definition) is 8. The Morgan fingerprint density at radius 2 is 2.03 bits per heavy atom. The second-order valence-corrected chi connectivity index (χ2v) is 7.92. The van der Waals surface area contributed by atoms with Crippen molar-refractivity contribution in [2.45, 2.75) is 13.0 Å². The van der Waals surface area contributed by atoms with Gasteiger partial charge in [-0.3, -0.25) is 10.1 Å². The number of oxazole rings is 1. The van der Waals surface area contributed by atoms with E-state index in [1.807, 2.05) is 41.3 Å². The minimum Gasteiger partial charge on any atom is -0.449 e. The van der Waals surface area contributed by atoms with Crippen LogP contribution in [0.1, 0.15) is 21.5 Å². The number of ether oxygens (including phenoxy) is 1. The number of fused-ring (bicyclic) bond motifs is 2. The lowest BCUT2D eigenvalue weighted by molar-refractivity contribution is 0.102. The van der Waals surface area contributed by atoms with Gasteiger partial charge in [0.25, 0.3) is 11.8 Å². The number of nitrogens with one attached hydrogen (secondary N) is 1. The quantitative estimate of drug-likeness (QED) is 0.458. The number of aromatic nitrogens is 2. The SMILES string of the molecule is O=C(O)Oc1coc(N2CCc3cccc(C(=O)Nc4nc5ccccc5s4)c3C2)n1. The lowest BCUT2D eigenvalue weighted by Gasteiger charge is -2.28. The fourth-order valence-electron chi connectivity index (χ4n) is 3.58. The van der Waals surface area contributed by atoms with Gasteiger partial charge in [0.1, 0.15) is 0 Å². The van der Waals surface area contributed by atoms with Crippen LogP contribution in [0.2, 0.25) is 0 Å². The number of nitrogens with zero attached hydrogens (tertiary/aromatic N) is 3. The van der Waals surface area contributed by atoms with Gasteiger partial charge in [0.2, 0.25) is 0 Å². The van der Waals surface area contributed by atoms with Crippen LogP contribution >= 0.6 is 11.3 Å². The first kappa shape index (κ1) is 19.1. The van der Waals surface area contributed by atoms with Gasteiger partial charge >= 0.3 is 12.2 Å². The molecule has 0 unspecified atom stereocenters. The zero-order valence-corrected chi connectivity index (χ0v) is 16.9. The van der Waals surface area contributed by atoms with Crippen LogP contribution < -0.4 is 15.0 Å². The Morgan fingerprint density at radius 1 is 1.16 bits per heavy atom. The van der Waals surface area contributed by atoms with Crippen molar-refractivity contribution >= 4 is 44.8 Å². The molecule has 1 aliphatic heterocycles. The first-order valence-electron chi connectivity index (χ1n) is 9.46. The molecule has 10 heteroatoms. The van der Waals surface area contributed by atoms with E-state index in [9.17, 15) is 9.59 Å². The van der Waals surface area contributed by atoms with Gasteiger partial charge in [-0.05, 0) is 35.7 Å². The molecule has 0 bridgehead atoms. The molecule has 0 spiro atoms. The number of carboxylic acid groups (broad SMARTS) is 1. The number of anilines is 2. The highest BCUT2D eigenvalue weighted by molar-refractivity contribution is 7.22. The monoisotopic (exact) mass is 436 g/mol. The molecular formula is C21H16N4O5S. The fraction of sp³-hybridized carbons (Fsp3) is 0.143. The van der Waals surface area contributed by atoms with Crippen LogP contribution in [0, 0.1) is 0 Å². The van der Waals surface area contributed by atoms with E-state index in [1.165, 1.54) is 11.3 Å². The summed E-state index contributed by atoms with van der Waals surface area (Å²) in [4.78, 5) is 34.1. The molecule has 5 rings (SSSR count). The summed E-state index contributed by atoms with van der Waals surface area (Å²) in [5.41, 5.74) is 3.33. The third kappa shape index (κ3) is 3.80. The molecule has 0 fully saturated rings. The van der Waals surface area contributed by atoms with Gasteiger partial charge in [-0.15, -0.1) is 0 Å². The van der Waals surface area contributed by atoms with E-state index < -0.39 is 6.16 Å². The number of hydrogen-bond donors (Lipinski definition) is 2. The number of thiazole rings is 1. The maximum atomic E-state index is 13.0. The molecule has 2 aromatic carbocycles. The van der Waals surface area contributed by atoms with Crippen LogP contribution in [0.5, 0.6) is 5.88 Å². The number of carbonyl (C=O) groups excluding carboxylic acids is 1. The molecule has 1 amide bonds. The molecule has 2 aromatic heterocycles. The normalized spacial score (nSPS) is 13.1. The van der Waals surface area contributed by atoms with Crippen LogP contribution in [0.3, 0.4) is 0 Å². The molecule has 31 heavy (non-hydrogen) atoms. The largest absolute Gasteiger partial charge is 0.512 e. The number of carbonyl (C=O) groups is 2. The van der Waals surface area contributed by atoms with Crippen LogP contribution in [0.15, 0.2) is 53.1 Å². The Balaban J connectivity index is 1.39. The summed E-state index contributed by atoms with van der Waals surface area (Å²) < 4.78 is 10.9. The van der Waals surface area contributed by atoms with Gasteiger partial charge in [0.05, 0.1) is 10.2 Å². The predicted molar refractivity (Wildman–Crippen MR) is 114 cm³/mol. The molecular weight excluding hydrogens is 420 g/mol. The number of amides is 1. The molecule has 0 atom stereocenters. The van der Waals surface area contributed by atoms with Gasteiger partial charge in [-0.1, -0.05) is 35.6 Å². The lowest BCUT2D eigenvalue weighted by atomic mass is 9.94. The van der Waals surface area contributed by atoms with Crippen LogP contribution in [0.25, 0.3) is 10.2 Å². The smallest absolute Gasteiger partial charge is 0.449 e. The Hall–Kier alpha value is -3.92. The zero-order chi connectivity index (χ0) is 21.4. The number of rotatable bonds is 4. The highest BCUT2D eigenvalue weighted by Crippen LogP contribution is 2.30. The average molecular weight is 436 g/mol.